The SMILES string of the molecule is O=C(Cc1cccc(OC(F)(F)F)c1)NC1CCCCC1O. The minimum Gasteiger partial charge on any atom is -0.406 e. The molecule has 122 valence electrons. The highest BCUT2D eigenvalue weighted by Gasteiger charge is 2.31. The van der Waals surface area contributed by atoms with Crippen LogP contribution in [0.15, 0.2) is 24.3 Å². The molecule has 2 rings (SSSR count). The number of hydrogen-bond acceptors (Lipinski definition) is 3. The quantitative estimate of drug-likeness (QED) is 0.897. The van der Waals surface area contributed by atoms with E-state index in [2.05, 4.69) is 10.1 Å². The second-order valence-electron chi connectivity index (χ2n) is 5.40. The number of benzene rings is 1. The molecular formula is C15H18F3NO3. The predicted octanol–water partition coefficient (Wildman–Crippen LogP) is 2.55. The van der Waals surface area contributed by atoms with Gasteiger partial charge < -0.3 is 15.2 Å². The molecule has 1 aliphatic carbocycles. The van der Waals surface area contributed by atoms with E-state index in [9.17, 15) is 23.1 Å². The molecule has 0 radical (unpaired) electrons. The van der Waals surface area contributed by atoms with Crippen LogP contribution in [0.1, 0.15) is 31.2 Å². The Kier molecular flexibility index (Phi) is 5.28. The van der Waals surface area contributed by atoms with Crippen molar-refractivity contribution < 1.29 is 27.8 Å². The van der Waals surface area contributed by atoms with E-state index in [1.165, 1.54) is 18.2 Å². The van der Waals surface area contributed by atoms with Crippen LogP contribution in [-0.2, 0) is 11.2 Å². The maximum atomic E-state index is 12.2. The van der Waals surface area contributed by atoms with Gasteiger partial charge in [-0.1, -0.05) is 25.0 Å². The minimum absolute atomic E-state index is 0.0573. The zero-order chi connectivity index (χ0) is 16.2. The average Bonchev–Trinajstić information content (AvgIpc) is 2.40. The molecule has 2 unspecified atom stereocenters. The lowest BCUT2D eigenvalue weighted by molar-refractivity contribution is -0.274. The monoisotopic (exact) mass is 317 g/mol. The first-order valence-corrected chi connectivity index (χ1v) is 7.15. The van der Waals surface area contributed by atoms with Crippen molar-refractivity contribution in [2.24, 2.45) is 0 Å². The summed E-state index contributed by atoms with van der Waals surface area (Å²) in [5, 5.41) is 12.5. The molecule has 7 heteroatoms. The summed E-state index contributed by atoms with van der Waals surface area (Å²) in [5.41, 5.74) is 0.421. The van der Waals surface area contributed by atoms with Crippen LogP contribution in [-0.4, -0.2) is 29.5 Å². The van der Waals surface area contributed by atoms with E-state index < -0.39 is 12.5 Å². The highest BCUT2D eigenvalue weighted by Crippen LogP contribution is 2.23. The van der Waals surface area contributed by atoms with E-state index in [1.807, 2.05) is 0 Å². The van der Waals surface area contributed by atoms with Gasteiger partial charge >= 0.3 is 6.36 Å². The van der Waals surface area contributed by atoms with Crippen molar-refractivity contribution in [2.45, 2.75) is 50.6 Å². The topological polar surface area (TPSA) is 58.6 Å². The number of amides is 1. The summed E-state index contributed by atoms with van der Waals surface area (Å²) in [5.74, 6) is -0.675. The molecule has 4 nitrogen and oxygen atoms in total. The third kappa shape index (κ3) is 5.22. The van der Waals surface area contributed by atoms with Gasteiger partial charge in [-0.05, 0) is 30.5 Å². The first-order chi connectivity index (χ1) is 10.3. The number of rotatable bonds is 4. The van der Waals surface area contributed by atoms with E-state index in [1.54, 1.807) is 6.07 Å². The van der Waals surface area contributed by atoms with Crippen molar-refractivity contribution in [1.82, 2.24) is 5.32 Å². The van der Waals surface area contributed by atoms with Gasteiger partial charge in [0.1, 0.15) is 5.75 Å². The molecule has 1 aromatic carbocycles. The Bertz CT molecular complexity index is 519. The summed E-state index contributed by atoms with van der Waals surface area (Å²) in [7, 11) is 0. The normalized spacial score (nSPS) is 22.2. The fraction of sp³-hybridized carbons (Fsp3) is 0.533. The Morgan fingerprint density at radius 1 is 1.32 bits per heavy atom. The van der Waals surface area contributed by atoms with Gasteiger partial charge in [-0.3, -0.25) is 4.79 Å². The van der Waals surface area contributed by atoms with Crippen LogP contribution >= 0.6 is 0 Å². The number of nitrogens with one attached hydrogen (secondary N) is 1. The molecule has 2 atom stereocenters. The first-order valence-electron chi connectivity index (χ1n) is 7.15. The summed E-state index contributed by atoms with van der Waals surface area (Å²) >= 11 is 0. The van der Waals surface area contributed by atoms with Crippen molar-refractivity contribution in [1.29, 1.82) is 0 Å². The summed E-state index contributed by atoms with van der Waals surface area (Å²) in [6, 6.07) is 5.04. The number of ether oxygens (including phenoxy) is 1. The van der Waals surface area contributed by atoms with E-state index >= 15 is 0 Å². The third-order valence-electron chi connectivity index (χ3n) is 3.57. The number of carbonyl (C=O) groups excluding carboxylic acids is 1. The summed E-state index contributed by atoms with van der Waals surface area (Å²) < 4.78 is 40.3. The molecule has 0 spiro atoms. The van der Waals surface area contributed by atoms with Gasteiger partial charge in [-0.2, -0.15) is 0 Å². The van der Waals surface area contributed by atoms with Crippen LogP contribution in [0.2, 0.25) is 0 Å². The molecule has 1 amide bonds. The van der Waals surface area contributed by atoms with E-state index in [4.69, 9.17) is 0 Å². The standard InChI is InChI=1S/C15H18F3NO3/c16-15(17,18)22-11-5-3-4-10(8-11)9-14(21)19-12-6-1-2-7-13(12)20/h3-5,8,12-13,20H,1-2,6-7,9H2,(H,19,21). The van der Waals surface area contributed by atoms with Gasteiger partial charge in [0.2, 0.25) is 5.91 Å². The molecule has 0 aromatic heterocycles. The van der Waals surface area contributed by atoms with Gasteiger partial charge in [0.25, 0.3) is 0 Å². The molecule has 0 bridgehead atoms. The summed E-state index contributed by atoms with van der Waals surface area (Å²) in [4.78, 5) is 11.9. The highest BCUT2D eigenvalue weighted by molar-refractivity contribution is 5.79. The minimum atomic E-state index is -4.76. The first kappa shape index (κ1) is 16.6. The molecule has 1 aromatic rings. The van der Waals surface area contributed by atoms with Crippen LogP contribution in [0.4, 0.5) is 13.2 Å². The van der Waals surface area contributed by atoms with Gasteiger partial charge in [0, 0.05) is 0 Å². The van der Waals surface area contributed by atoms with Crippen LogP contribution < -0.4 is 10.1 Å². The van der Waals surface area contributed by atoms with Crippen LogP contribution in [0, 0.1) is 0 Å². The molecular weight excluding hydrogens is 299 g/mol. The lowest BCUT2D eigenvalue weighted by Gasteiger charge is -2.28. The van der Waals surface area contributed by atoms with Crippen molar-refractivity contribution in [3.8, 4) is 5.75 Å². The van der Waals surface area contributed by atoms with Crippen LogP contribution in [0.25, 0.3) is 0 Å². The number of aliphatic hydroxyl groups is 1. The molecule has 0 aliphatic heterocycles. The maximum Gasteiger partial charge on any atom is 0.573 e. The summed E-state index contributed by atoms with van der Waals surface area (Å²) in [6.07, 6.45) is -2.13. The molecule has 2 N–H and O–H groups in total. The molecule has 1 fully saturated rings. The number of aliphatic hydroxyl groups excluding tert-OH is 1. The molecule has 1 saturated carbocycles. The van der Waals surface area contributed by atoms with Crippen LogP contribution in [0.5, 0.6) is 5.75 Å². The molecule has 0 heterocycles. The molecule has 1 aliphatic rings. The molecule has 0 saturated heterocycles. The Balaban J connectivity index is 1.92. The van der Waals surface area contributed by atoms with E-state index in [-0.39, 0.29) is 24.1 Å². The van der Waals surface area contributed by atoms with Crippen molar-refractivity contribution in [3.05, 3.63) is 29.8 Å². The lowest BCUT2D eigenvalue weighted by atomic mass is 9.92. The largest absolute Gasteiger partial charge is 0.573 e. The highest BCUT2D eigenvalue weighted by atomic mass is 19.4. The maximum absolute atomic E-state index is 12.2. The number of alkyl halides is 3. The van der Waals surface area contributed by atoms with Gasteiger partial charge in [0.15, 0.2) is 0 Å². The van der Waals surface area contributed by atoms with Crippen molar-refractivity contribution in [2.75, 3.05) is 0 Å². The fourth-order valence-corrected chi connectivity index (χ4v) is 2.58. The van der Waals surface area contributed by atoms with E-state index in [0.29, 0.717) is 18.4 Å². The zero-order valence-corrected chi connectivity index (χ0v) is 11.9. The Morgan fingerprint density at radius 2 is 2.05 bits per heavy atom. The number of carbonyl (C=O) groups is 1. The van der Waals surface area contributed by atoms with Crippen molar-refractivity contribution in [3.63, 3.8) is 0 Å². The Hall–Kier alpha value is -1.76. The van der Waals surface area contributed by atoms with Gasteiger partial charge in [0.05, 0.1) is 18.6 Å². The smallest absolute Gasteiger partial charge is 0.406 e. The fourth-order valence-electron chi connectivity index (χ4n) is 2.58. The zero-order valence-electron chi connectivity index (χ0n) is 11.9. The molecule has 22 heavy (non-hydrogen) atoms. The predicted molar refractivity (Wildman–Crippen MR) is 73.2 cm³/mol. The Morgan fingerprint density at radius 3 is 2.73 bits per heavy atom. The van der Waals surface area contributed by atoms with Crippen LogP contribution in [0.3, 0.4) is 0 Å². The lowest BCUT2D eigenvalue weighted by Crippen LogP contribution is -2.45. The van der Waals surface area contributed by atoms with Gasteiger partial charge in [-0.25, -0.2) is 0 Å². The second kappa shape index (κ2) is 7.00. The second-order valence-corrected chi connectivity index (χ2v) is 5.40. The third-order valence-corrected chi connectivity index (χ3v) is 3.57. The number of halogens is 3. The Labute approximate surface area is 126 Å². The van der Waals surface area contributed by atoms with Crippen molar-refractivity contribution >= 4 is 5.91 Å². The van der Waals surface area contributed by atoms with E-state index in [0.717, 1.165) is 12.8 Å². The van der Waals surface area contributed by atoms with Gasteiger partial charge in [-0.15, -0.1) is 13.2 Å². The summed E-state index contributed by atoms with van der Waals surface area (Å²) in [6.45, 7) is 0. The number of hydrogen-bond donors (Lipinski definition) is 2. The average molecular weight is 317 g/mol.